The molecule has 0 aliphatic carbocycles. The van der Waals surface area contributed by atoms with Crippen LogP contribution in [0.2, 0.25) is 0 Å². The van der Waals surface area contributed by atoms with Gasteiger partial charge in [-0.1, -0.05) is 17.7 Å². The van der Waals surface area contributed by atoms with Crippen molar-refractivity contribution in [3.8, 4) is 5.75 Å². The average Bonchev–Trinajstić information content (AvgIpc) is 2.43. The lowest BCUT2D eigenvalue weighted by Gasteiger charge is -2.36. The number of benzene rings is 1. The first-order valence-corrected chi connectivity index (χ1v) is 7.69. The number of rotatable bonds is 6. The first-order valence-electron chi connectivity index (χ1n) is 7.69. The van der Waals surface area contributed by atoms with Crippen LogP contribution in [-0.2, 0) is 4.74 Å². The number of hydrogen-bond donors (Lipinski definition) is 2. The van der Waals surface area contributed by atoms with Gasteiger partial charge in [0.2, 0.25) is 0 Å². The molecule has 0 spiro atoms. The predicted molar refractivity (Wildman–Crippen MR) is 83.7 cm³/mol. The minimum absolute atomic E-state index is 0.0702. The highest BCUT2D eigenvalue weighted by atomic mass is 16.5. The number of aliphatic hydroxyl groups excluding tert-OH is 1. The van der Waals surface area contributed by atoms with E-state index in [2.05, 4.69) is 19.2 Å². The minimum Gasteiger partial charge on any atom is -0.491 e. The Morgan fingerprint density at radius 2 is 2.10 bits per heavy atom. The van der Waals surface area contributed by atoms with Crippen LogP contribution in [0.3, 0.4) is 0 Å². The van der Waals surface area contributed by atoms with Crippen LogP contribution in [0.25, 0.3) is 0 Å². The van der Waals surface area contributed by atoms with Gasteiger partial charge in [0, 0.05) is 19.2 Å². The molecule has 21 heavy (non-hydrogen) atoms. The summed E-state index contributed by atoms with van der Waals surface area (Å²) < 4.78 is 11.3. The average molecular weight is 293 g/mol. The second kappa shape index (κ2) is 7.25. The summed E-state index contributed by atoms with van der Waals surface area (Å²) in [5.41, 5.74) is 1.13. The van der Waals surface area contributed by atoms with Crippen molar-refractivity contribution >= 4 is 0 Å². The van der Waals surface area contributed by atoms with Crippen LogP contribution in [0.15, 0.2) is 24.3 Å². The number of aliphatic hydroxyl groups is 1. The van der Waals surface area contributed by atoms with Gasteiger partial charge in [0.25, 0.3) is 0 Å². The van der Waals surface area contributed by atoms with E-state index in [1.54, 1.807) is 0 Å². The third kappa shape index (κ3) is 5.65. The van der Waals surface area contributed by atoms with Crippen molar-refractivity contribution in [2.75, 3.05) is 19.8 Å². The summed E-state index contributed by atoms with van der Waals surface area (Å²) in [5, 5.41) is 13.4. The lowest BCUT2D eigenvalue weighted by atomic mass is 9.94. The Kier molecular flexibility index (Phi) is 5.62. The molecule has 0 amide bonds. The van der Waals surface area contributed by atoms with Crippen LogP contribution >= 0.6 is 0 Å². The molecule has 1 aliphatic rings. The summed E-state index contributed by atoms with van der Waals surface area (Å²) in [6, 6.07) is 8.27. The maximum absolute atomic E-state index is 10.0. The second-order valence-electron chi connectivity index (χ2n) is 6.48. The third-order valence-electron chi connectivity index (χ3n) is 3.80. The van der Waals surface area contributed by atoms with Crippen molar-refractivity contribution in [1.82, 2.24) is 5.32 Å². The van der Waals surface area contributed by atoms with Crippen molar-refractivity contribution in [1.29, 1.82) is 0 Å². The highest BCUT2D eigenvalue weighted by molar-refractivity contribution is 5.26. The van der Waals surface area contributed by atoms with Crippen LogP contribution in [0.5, 0.6) is 5.75 Å². The molecule has 1 aromatic rings. The molecule has 1 aliphatic heterocycles. The van der Waals surface area contributed by atoms with Crippen LogP contribution in [0.4, 0.5) is 0 Å². The van der Waals surface area contributed by atoms with E-state index in [1.165, 1.54) is 5.56 Å². The number of ether oxygens (including phenoxy) is 2. The van der Waals surface area contributed by atoms with E-state index < -0.39 is 6.10 Å². The Bertz CT molecular complexity index is 430. The summed E-state index contributed by atoms with van der Waals surface area (Å²) in [4.78, 5) is 0. The van der Waals surface area contributed by atoms with Gasteiger partial charge in [0.05, 0.1) is 5.60 Å². The predicted octanol–water partition coefficient (Wildman–Crippen LogP) is 2.28. The van der Waals surface area contributed by atoms with Gasteiger partial charge in [0.15, 0.2) is 0 Å². The molecule has 1 aromatic carbocycles. The van der Waals surface area contributed by atoms with Gasteiger partial charge < -0.3 is 19.9 Å². The molecule has 1 heterocycles. The van der Waals surface area contributed by atoms with Gasteiger partial charge in [-0.2, -0.15) is 0 Å². The second-order valence-corrected chi connectivity index (χ2v) is 6.48. The topological polar surface area (TPSA) is 50.7 Å². The summed E-state index contributed by atoms with van der Waals surface area (Å²) in [6.45, 7) is 7.89. The van der Waals surface area contributed by atoms with E-state index in [-0.39, 0.29) is 5.60 Å². The first kappa shape index (κ1) is 16.3. The summed E-state index contributed by atoms with van der Waals surface area (Å²) in [6.07, 6.45) is 1.46. The Morgan fingerprint density at radius 3 is 2.76 bits per heavy atom. The zero-order valence-corrected chi connectivity index (χ0v) is 13.3. The molecule has 1 saturated heterocycles. The fraction of sp³-hybridized carbons (Fsp3) is 0.647. The molecular formula is C17H27NO3. The highest BCUT2D eigenvalue weighted by Crippen LogP contribution is 2.23. The Morgan fingerprint density at radius 1 is 1.38 bits per heavy atom. The standard InChI is InChI=1S/C17H27NO3/c1-13-4-6-16(7-5-13)20-12-15(19)11-18-14-8-9-21-17(2,3)10-14/h4-7,14-15,18-19H,8-12H2,1-3H3. The largest absolute Gasteiger partial charge is 0.491 e. The van der Waals surface area contributed by atoms with Gasteiger partial charge in [-0.3, -0.25) is 0 Å². The maximum Gasteiger partial charge on any atom is 0.119 e. The van der Waals surface area contributed by atoms with Crippen LogP contribution in [-0.4, -0.2) is 42.6 Å². The van der Waals surface area contributed by atoms with E-state index in [1.807, 2.05) is 31.2 Å². The molecule has 0 bridgehead atoms. The summed E-state index contributed by atoms with van der Waals surface area (Å²) >= 11 is 0. The van der Waals surface area contributed by atoms with Crippen molar-refractivity contribution in [2.24, 2.45) is 0 Å². The molecule has 0 radical (unpaired) electrons. The van der Waals surface area contributed by atoms with Crippen LogP contribution in [0, 0.1) is 6.92 Å². The number of hydrogen-bond acceptors (Lipinski definition) is 4. The van der Waals surface area contributed by atoms with E-state index in [0.29, 0.717) is 19.2 Å². The molecule has 4 heteroatoms. The zero-order chi connectivity index (χ0) is 15.3. The smallest absolute Gasteiger partial charge is 0.119 e. The molecule has 118 valence electrons. The molecule has 2 atom stereocenters. The fourth-order valence-electron chi connectivity index (χ4n) is 2.59. The maximum atomic E-state index is 10.0. The monoisotopic (exact) mass is 293 g/mol. The van der Waals surface area contributed by atoms with Gasteiger partial charge in [-0.15, -0.1) is 0 Å². The lowest BCUT2D eigenvalue weighted by molar-refractivity contribution is -0.0641. The molecule has 2 N–H and O–H groups in total. The van der Waals surface area contributed by atoms with Crippen LogP contribution < -0.4 is 10.1 Å². The van der Waals surface area contributed by atoms with E-state index in [0.717, 1.165) is 25.2 Å². The van der Waals surface area contributed by atoms with Gasteiger partial charge in [0.1, 0.15) is 18.5 Å². The molecule has 4 nitrogen and oxygen atoms in total. The van der Waals surface area contributed by atoms with E-state index in [9.17, 15) is 5.11 Å². The summed E-state index contributed by atoms with van der Waals surface area (Å²) in [7, 11) is 0. The fourth-order valence-corrected chi connectivity index (χ4v) is 2.59. The van der Waals surface area contributed by atoms with Crippen molar-refractivity contribution < 1.29 is 14.6 Å². The lowest BCUT2D eigenvalue weighted by Crippen LogP contribution is -2.46. The highest BCUT2D eigenvalue weighted by Gasteiger charge is 2.28. The summed E-state index contributed by atoms with van der Waals surface area (Å²) in [5.74, 6) is 0.798. The number of nitrogens with one attached hydrogen (secondary N) is 1. The number of aryl methyl sites for hydroxylation is 1. The Hall–Kier alpha value is -1.10. The third-order valence-corrected chi connectivity index (χ3v) is 3.80. The normalized spacial score (nSPS) is 22.8. The molecule has 0 saturated carbocycles. The van der Waals surface area contributed by atoms with E-state index >= 15 is 0 Å². The Labute approximate surface area is 127 Å². The molecular weight excluding hydrogens is 266 g/mol. The molecule has 2 rings (SSSR count). The molecule has 2 unspecified atom stereocenters. The SMILES string of the molecule is Cc1ccc(OCC(O)CNC2CCOC(C)(C)C2)cc1. The van der Waals surface area contributed by atoms with Gasteiger partial charge >= 0.3 is 0 Å². The van der Waals surface area contributed by atoms with Crippen molar-refractivity contribution in [3.63, 3.8) is 0 Å². The minimum atomic E-state index is -0.503. The van der Waals surface area contributed by atoms with E-state index in [4.69, 9.17) is 9.47 Å². The van der Waals surface area contributed by atoms with Gasteiger partial charge in [-0.05, 0) is 45.7 Å². The first-order chi connectivity index (χ1) is 9.94. The molecule has 1 fully saturated rings. The zero-order valence-electron chi connectivity index (χ0n) is 13.3. The van der Waals surface area contributed by atoms with Crippen molar-refractivity contribution in [3.05, 3.63) is 29.8 Å². The quantitative estimate of drug-likeness (QED) is 0.845. The Balaban J connectivity index is 1.67. The van der Waals surface area contributed by atoms with Gasteiger partial charge in [-0.25, -0.2) is 0 Å². The van der Waals surface area contributed by atoms with Crippen LogP contribution in [0.1, 0.15) is 32.3 Å². The van der Waals surface area contributed by atoms with Crippen molar-refractivity contribution in [2.45, 2.75) is 51.4 Å². The molecule has 0 aromatic heterocycles.